The number of sulfonamides is 1. The molecule has 11 heteroatoms. The SMILES string of the molecule is CC(C)S(=O)(=O)N1CCN(C(=O)c2ccc3[nH]c(-c4nc5cscc5[nH]c4=O)cc3c2)CC1. The van der Waals surface area contributed by atoms with Crippen molar-refractivity contribution in [2.24, 2.45) is 0 Å². The first-order chi connectivity index (χ1) is 15.7. The van der Waals surface area contributed by atoms with Crippen LogP contribution in [-0.4, -0.2) is 69.9 Å². The zero-order valence-corrected chi connectivity index (χ0v) is 19.8. The second-order valence-electron chi connectivity index (χ2n) is 8.36. The first-order valence-corrected chi connectivity index (χ1v) is 13.1. The van der Waals surface area contributed by atoms with E-state index in [1.807, 2.05) is 22.9 Å². The Morgan fingerprint density at radius 3 is 2.55 bits per heavy atom. The minimum absolute atomic E-state index is 0.142. The van der Waals surface area contributed by atoms with Gasteiger partial charge in [-0.1, -0.05) is 0 Å². The number of amides is 1. The number of thiophene rings is 1. The maximum atomic E-state index is 13.1. The smallest absolute Gasteiger partial charge is 0.276 e. The van der Waals surface area contributed by atoms with E-state index >= 15 is 0 Å². The molecule has 0 aliphatic carbocycles. The van der Waals surface area contributed by atoms with Gasteiger partial charge < -0.3 is 14.9 Å². The summed E-state index contributed by atoms with van der Waals surface area (Å²) in [4.78, 5) is 37.8. The van der Waals surface area contributed by atoms with Gasteiger partial charge in [0.1, 0.15) is 0 Å². The van der Waals surface area contributed by atoms with Crippen molar-refractivity contribution in [3.63, 3.8) is 0 Å². The topological polar surface area (TPSA) is 119 Å². The number of hydrogen-bond donors (Lipinski definition) is 2. The first-order valence-electron chi connectivity index (χ1n) is 10.6. The normalized spacial score (nSPS) is 15.7. The number of fused-ring (bicyclic) bond motifs is 2. The molecule has 3 aromatic heterocycles. The number of carbonyl (C=O) groups excluding carboxylic acids is 1. The lowest BCUT2D eigenvalue weighted by molar-refractivity contribution is 0.0697. The lowest BCUT2D eigenvalue weighted by Crippen LogP contribution is -2.51. The van der Waals surface area contributed by atoms with Crippen LogP contribution in [0.3, 0.4) is 0 Å². The van der Waals surface area contributed by atoms with Gasteiger partial charge in [0.05, 0.1) is 22.0 Å². The third kappa shape index (κ3) is 3.85. The van der Waals surface area contributed by atoms with Crippen molar-refractivity contribution < 1.29 is 13.2 Å². The van der Waals surface area contributed by atoms with Crippen LogP contribution in [0.2, 0.25) is 0 Å². The van der Waals surface area contributed by atoms with Gasteiger partial charge >= 0.3 is 0 Å². The Kier molecular flexibility index (Phi) is 5.34. The number of carbonyl (C=O) groups is 1. The standard InChI is InChI=1S/C22H23N5O4S2/c1-13(2)33(30,31)27-7-5-26(6-8-27)22(29)14-3-4-16-15(9-14)10-17(23-16)20-21(28)25-19-12-32-11-18(19)24-20/h3-4,9-13,23H,5-8H2,1-2H3,(H,25,28). The highest BCUT2D eigenvalue weighted by Gasteiger charge is 2.31. The van der Waals surface area contributed by atoms with E-state index in [1.54, 1.807) is 30.9 Å². The van der Waals surface area contributed by atoms with E-state index in [0.29, 0.717) is 48.6 Å². The van der Waals surface area contributed by atoms with Gasteiger partial charge in [0, 0.05) is 53.4 Å². The molecular formula is C22H23N5O4S2. The van der Waals surface area contributed by atoms with Crippen molar-refractivity contribution in [3.8, 4) is 11.4 Å². The van der Waals surface area contributed by atoms with Gasteiger partial charge in [0.2, 0.25) is 10.0 Å². The number of nitrogens with zero attached hydrogens (tertiary/aromatic N) is 3. The molecule has 0 radical (unpaired) electrons. The second kappa shape index (κ2) is 8.08. The molecule has 1 aromatic carbocycles. The number of hydrogen-bond acceptors (Lipinski definition) is 6. The van der Waals surface area contributed by atoms with Gasteiger partial charge in [-0.3, -0.25) is 9.59 Å². The molecule has 172 valence electrons. The number of rotatable bonds is 4. The Hall–Kier alpha value is -3.02. The van der Waals surface area contributed by atoms with Crippen LogP contribution < -0.4 is 5.56 Å². The van der Waals surface area contributed by atoms with Gasteiger partial charge in [-0.2, -0.15) is 4.31 Å². The molecular weight excluding hydrogens is 462 g/mol. The summed E-state index contributed by atoms with van der Waals surface area (Å²) in [7, 11) is -3.32. The van der Waals surface area contributed by atoms with E-state index in [2.05, 4.69) is 15.0 Å². The zero-order chi connectivity index (χ0) is 23.3. The van der Waals surface area contributed by atoms with Crippen LogP contribution in [0.15, 0.2) is 39.8 Å². The van der Waals surface area contributed by atoms with Crippen molar-refractivity contribution in [1.29, 1.82) is 0 Å². The Bertz CT molecular complexity index is 1530. The van der Waals surface area contributed by atoms with Crippen molar-refractivity contribution in [2.75, 3.05) is 26.2 Å². The molecule has 1 aliphatic rings. The van der Waals surface area contributed by atoms with Gasteiger partial charge in [-0.15, -0.1) is 11.3 Å². The van der Waals surface area contributed by atoms with Crippen LogP contribution in [0, 0.1) is 0 Å². The molecule has 1 amide bonds. The largest absolute Gasteiger partial charge is 0.353 e. The highest BCUT2D eigenvalue weighted by atomic mass is 32.2. The molecule has 4 heterocycles. The van der Waals surface area contributed by atoms with E-state index in [1.165, 1.54) is 15.6 Å². The third-order valence-electron chi connectivity index (χ3n) is 5.94. The minimum Gasteiger partial charge on any atom is -0.353 e. The van der Waals surface area contributed by atoms with Crippen LogP contribution in [0.25, 0.3) is 33.3 Å². The number of benzene rings is 1. The van der Waals surface area contributed by atoms with E-state index in [0.717, 1.165) is 16.4 Å². The molecule has 5 rings (SSSR count). The number of aromatic amines is 2. The highest BCUT2D eigenvalue weighted by molar-refractivity contribution is 7.89. The molecule has 1 saturated heterocycles. The monoisotopic (exact) mass is 485 g/mol. The van der Waals surface area contributed by atoms with Gasteiger partial charge in [-0.25, -0.2) is 13.4 Å². The first kappa shape index (κ1) is 21.8. The lowest BCUT2D eigenvalue weighted by atomic mass is 10.1. The quantitative estimate of drug-likeness (QED) is 0.461. The fourth-order valence-corrected chi connectivity index (χ4v) is 5.99. The Labute approximate surface area is 194 Å². The van der Waals surface area contributed by atoms with Crippen molar-refractivity contribution in [3.05, 3.63) is 50.9 Å². The van der Waals surface area contributed by atoms with E-state index in [9.17, 15) is 18.0 Å². The summed E-state index contributed by atoms with van der Waals surface area (Å²) in [5, 5.41) is 4.03. The molecule has 0 atom stereocenters. The average Bonchev–Trinajstić information content (AvgIpc) is 3.43. The molecule has 2 N–H and O–H groups in total. The Morgan fingerprint density at radius 2 is 1.82 bits per heavy atom. The van der Waals surface area contributed by atoms with E-state index in [4.69, 9.17) is 0 Å². The zero-order valence-electron chi connectivity index (χ0n) is 18.2. The summed E-state index contributed by atoms with van der Waals surface area (Å²) in [6, 6.07) is 7.14. The third-order valence-corrected chi connectivity index (χ3v) is 8.95. The number of aromatic nitrogens is 3. The van der Waals surface area contributed by atoms with Crippen LogP contribution >= 0.6 is 11.3 Å². The summed E-state index contributed by atoms with van der Waals surface area (Å²) < 4.78 is 26.2. The van der Waals surface area contributed by atoms with Gasteiger partial charge in [0.15, 0.2) is 5.69 Å². The summed E-state index contributed by atoms with van der Waals surface area (Å²) in [6.45, 7) is 4.61. The molecule has 1 aliphatic heterocycles. The van der Waals surface area contributed by atoms with Crippen LogP contribution in [0.1, 0.15) is 24.2 Å². The molecule has 1 fully saturated rings. The molecule has 0 unspecified atom stereocenters. The van der Waals surface area contributed by atoms with Crippen molar-refractivity contribution in [1.82, 2.24) is 24.2 Å². The second-order valence-corrected chi connectivity index (χ2v) is 11.6. The van der Waals surface area contributed by atoms with Crippen LogP contribution in [-0.2, 0) is 10.0 Å². The Balaban J connectivity index is 1.38. The van der Waals surface area contributed by atoms with Crippen LogP contribution in [0.5, 0.6) is 0 Å². The van der Waals surface area contributed by atoms with Gasteiger partial charge in [-0.05, 0) is 38.1 Å². The fraction of sp³-hybridized carbons (Fsp3) is 0.318. The summed E-state index contributed by atoms with van der Waals surface area (Å²) in [5.41, 5.74) is 3.34. The van der Waals surface area contributed by atoms with E-state index < -0.39 is 15.3 Å². The molecule has 0 spiro atoms. The van der Waals surface area contributed by atoms with Crippen molar-refractivity contribution >= 4 is 49.2 Å². The maximum Gasteiger partial charge on any atom is 0.276 e. The maximum absolute atomic E-state index is 13.1. The Morgan fingerprint density at radius 1 is 1.06 bits per heavy atom. The summed E-state index contributed by atoms with van der Waals surface area (Å²) in [6.07, 6.45) is 0. The van der Waals surface area contributed by atoms with E-state index in [-0.39, 0.29) is 11.5 Å². The molecule has 4 aromatic rings. The van der Waals surface area contributed by atoms with Crippen LogP contribution in [0.4, 0.5) is 0 Å². The predicted octanol–water partition coefficient (Wildman–Crippen LogP) is 2.63. The molecule has 33 heavy (non-hydrogen) atoms. The average molecular weight is 486 g/mol. The summed E-state index contributed by atoms with van der Waals surface area (Å²) in [5.74, 6) is -0.142. The predicted molar refractivity (Wildman–Crippen MR) is 129 cm³/mol. The number of H-pyrrole nitrogens is 2. The van der Waals surface area contributed by atoms with Gasteiger partial charge in [0.25, 0.3) is 11.5 Å². The molecule has 0 saturated carbocycles. The van der Waals surface area contributed by atoms with Crippen molar-refractivity contribution in [2.45, 2.75) is 19.1 Å². The minimum atomic E-state index is -3.32. The highest BCUT2D eigenvalue weighted by Crippen LogP contribution is 2.24. The molecule has 9 nitrogen and oxygen atoms in total. The molecule has 0 bridgehead atoms. The lowest BCUT2D eigenvalue weighted by Gasteiger charge is -2.35. The fourth-order valence-electron chi connectivity index (χ4n) is 4.03. The number of piperazine rings is 1. The number of nitrogens with one attached hydrogen (secondary N) is 2. The summed E-state index contributed by atoms with van der Waals surface area (Å²) >= 11 is 1.47.